The lowest BCUT2D eigenvalue weighted by atomic mass is 10.1. The first-order valence-corrected chi connectivity index (χ1v) is 8.51. The summed E-state index contributed by atoms with van der Waals surface area (Å²) in [4.78, 5) is 24.3. The molecule has 2 aromatic carbocycles. The number of fused-ring (bicyclic) bond motifs is 1. The summed E-state index contributed by atoms with van der Waals surface area (Å²) in [6, 6.07) is 8.90. The van der Waals surface area contributed by atoms with Gasteiger partial charge in [0.1, 0.15) is 11.3 Å². The molecule has 0 bridgehead atoms. The van der Waals surface area contributed by atoms with Gasteiger partial charge in [-0.25, -0.2) is 0 Å². The van der Waals surface area contributed by atoms with Gasteiger partial charge in [0.25, 0.3) is 5.91 Å². The fraction of sp³-hybridized carbons (Fsp3) is 0.200. The molecule has 0 radical (unpaired) electrons. The number of esters is 1. The molecule has 1 heterocycles. The molecule has 0 saturated carbocycles. The lowest BCUT2D eigenvalue weighted by Gasteiger charge is -2.16. The molecule has 3 aromatic rings. The summed E-state index contributed by atoms with van der Waals surface area (Å²) < 4.78 is 49.3. The van der Waals surface area contributed by atoms with E-state index in [0.717, 1.165) is 12.1 Å². The smallest absolute Gasteiger partial charge is 0.418 e. The average Bonchev–Trinajstić information content (AvgIpc) is 3.02. The molecule has 1 aromatic heterocycles. The fourth-order valence-electron chi connectivity index (χ4n) is 2.73. The zero-order valence-electron chi connectivity index (χ0n) is 15.1. The van der Waals surface area contributed by atoms with Crippen molar-refractivity contribution in [2.75, 3.05) is 5.32 Å². The van der Waals surface area contributed by atoms with Crippen LogP contribution in [0.4, 0.5) is 18.9 Å². The second-order valence-electron chi connectivity index (χ2n) is 6.28. The Morgan fingerprint density at radius 3 is 2.66 bits per heavy atom. The highest BCUT2D eigenvalue weighted by molar-refractivity contribution is 5.96. The van der Waals surface area contributed by atoms with E-state index in [9.17, 15) is 27.9 Å². The number of phenols is 1. The third-order valence-corrected chi connectivity index (χ3v) is 4.14. The number of para-hydroxylation sites is 1. The van der Waals surface area contributed by atoms with E-state index in [-0.39, 0.29) is 12.2 Å². The van der Waals surface area contributed by atoms with E-state index in [1.807, 2.05) is 0 Å². The number of furan rings is 1. The number of halogens is 3. The summed E-state index contributed by atoms with van der Waals surface area (Å²) in [5.74, 6) is -1.64. The second kappa shape index (κ2) is 7.86. The molecule has 1 amide bonds. The van der Waals surface area contributed by atoms with Crippen LogP contribution in [0.2, 0.25) is 0 Å². The lowest BCUT2D eigenvalue weighted by Crippen LogP contribution is -2.31. The Labute approximate surface area is 162 Å². The molecule has 0 aliphatic rings. The predicted molar refractivity (Wildman–Crippen MR) is 97.2 cm³/mol. The van der Waals surface area contributed by atoms with Gasteiger partial charge >= 0.3 is 12.1 Å². The van der Waals surface area contributed by atoms with E-state index in [4.69, 9.17) is 9.15 Å². The molecule has 29 heavy (non-hydrogen) atoms. The van der Waals surface area contributed by atoms with Crippen molar-refractivity contribution in [2.24, 2.45) is 0 Å². The van der Waals surface area contributed by atoms with Crippen molar-refractivity contribution in [3.05, 3.63) is 59.9 Å². The van der Waals surface area contributed by atoms with Gasteiger partial charge in [-0.2, -0.15) is 13.2 Å². The van der Waals surface area contributed by atoms with Gasteiger partial charge in [-0.1, -0.05) is 12.1 Å². The number of anilines is 1. The maximum absolute atomic E-state index is 13.0. The van der Waals surface area contributed by atoms with Gasteiger partial charge in [-0.15, -0.1) is 0 Å². The molecule has 0 saturated heterocycles. The van der Waals surface area contributed by atoms with E-state index in [0.29, 0.717) is 16.5 Å². The topological polar surface area (TPSA) is 88.8 Å². The summed E-state index contributed by atoms with van der Waals surface area (Å²) in [6.45, 7) is 1.26. The first-order valence-electron chi connectivity index (χ1n) is 8.51. The number of carbonyl (C=O) groups is 2. The van der Waals surface area contributed by atoms with Crippen LogP contribution in [0.3, 0.4) is 0 Å². The Bertz CT molecular complexity index is 1060. The Hall–Kier alpha value is -3.49. The Morgan fingerprint density at radius 2 is 1.93 bits per heavy atom. The van der Waals surface area contributed by atoms with Crippen LogP contribution < -0.4 is 5.32 Å². The fourth-order valence-corrected chi connectivity index (χ4v) is 2.73. The Morgan fingerprint density at radius 1 is 1.21 bits per heavy atom. The zero-order valence-corrected chi connectivity index (χ0v) is 15.1. The molecule has 1 atom stereocenters. The maximum Gasteiger partial charge on any atom is 0.418 e. The first-order chi connectivity index (χ1) is 13.6. The molecule has 9 heteroatoms. The number of carbonyl (C=O) groups excluding carboxylic acids is 2. The van der Waals surface area contributed by atoms with Crippen LogP contribution in [0, 0.1) is 0 Å². The van der Waals surface area contributed by atoms with E-state index < -0.39 is 35.4 Å². The van der Waals surface area contributed by atoms with E-state index in [1.54, 1.807) is 6.07 Å². The van der Waals surface area contributed by atoms with Crippen molar-refractivity contribution >= 4 is 28.5 Å². The second-order valence-corrected chi connectivity index (χ2v) is 6.28. The predicted octanol–water partition coefficient (Wildman–Crippen LogP) is 4.27. The van der Waals surface area contributed by atoms with Crippen molar-refractivity contribution in [3.8, 4) is 5.75 Å². The molecule has 0 aliphatic heterocycles. The SMILES string of the molecule is C[C@@H](OC(=O)Cc1coc2cc(O)ccc12)C(=O)Nc1ccccc1C(F)(F)F. The van der Waals surface area contributed by atoms with Gasteiger partial charge < -0.3 is 19.6 Å². The molecule has 152 valence electrons. The number of alkyl halides is 3. The van der Waals surface area contributed by atoms with Gasteiger partial charge in [0.15, 0.2) is 6.10 Å². The molecule has 0 fully saturated rings. The number of aromatic hydroxyl groups is 1. The third-order valence-electron chi connectivity index (χ3n) is 4.14. The van der Waals surface area contributed by atoms with Crippen LogP contribution in [0.25, 0.3) is 11.0 Å². The summed E-state index contributed by atoms with van der Waals surface area (Å²) in [5, 5.41) is 12.2. The minimum Gasteiger partial charge on any atom is -0.508 e. The van der Waals surface area contributed by atoms with Crippen molar-refractivity contribution in [2.45, 2.75) is 25.6 Å². The van der Waals surface area contributed by atoms with Crippen LogP contribution in [0.15, 0.2) is 53.1 Å². The van der Waals surface area contributed by atoms with Crippen molar-refractivity contribution < 1.29 is 37.0 Å². The number of amides is 1. The number of hydrogen-bond donors (Lipinski definition) is 2. The number of rotatable bonds is 5. The quantitative estimate of drug-likeness (QED) is 0.617. The first kappa shape index (κ1) is 20.2. The molecule has 0 aliphatic carbocycles. The molecule has 3 rings (SSSR count). The van der Waals surface area contributed by atoms with Crippen LogP contribution in [0.1, 0.15) is 18.1 Å². The maximum atomic E-state index is 13.0. The summed E-state index contributed by atoms with van der Waals surface area (Å²) in [5.41, 5.74) is -0.559. The monoisotopic (exact) mass is 407 g/mol. The van der Waals surface area contributed by atoms with Gasteiger partial charge in [0.2, 0.25) is 0 Å². The minimum atomic E-state index is -4.64. The number of ether oxygens (including phenoxy) is 1. The highest BCUT2D eigenvalue weighted by Crippen LogP contribution is 2.34. The molecule has 0 unspecified atom stereocenters. The summed E-state index contributed by atoms with van der Waals surface area (Å²) in [7, 11) is 0. The highest BCUT2D eigenvalue weighted by atomic mass is 19.4. The highest BCUT2D eigenvalue weighted by Gasteiger charge is 2.34. The van der Waals surface area contributed by atoms with E-state index >= 15 is 0 Å². The van der Waals surface area contributed by atoms with Gasteiger partial charge in [-0.05, 0) is 31.2 Å². The molecule has 6 nitrogen and oxygen atoms in total. The number of phenolic OH excluding ortho intramolecular Hbond substituents is 1. The van der Waals surface area contributed by atoms with Crippen LogP contribution in [-0.2, 0) is 26.9 Å². The number of nitrogens with one attached hydrogen (secondary N) is 1. The molecular formula is C20H16F3NO5. The molecular weight excluding hydrogens is 391 g/mol. The lowest BCUT2D eigenvalue weighted by molar-refractivity contribution is -0.152. The van der Waals surface area contributed by atoms with Crippen molar-refractivity contribution in [1.82, 2.24) is 0 Å². The average molecular weight is 407 g/mol. The standard InChI is InChI=1S/C20H16F3NO5/c1-11(19(27)24-16-5-3-2-4-15(16)20(21,22)23)29-18(26)8-12-10-28-17-9-13(25)6-7-14(12)17/h2-7,9-11,25H,8H2,1H3,(H,24,27)/t11-/m1/s1. The summed E-state index contributed by atoms with van der Waals surface area (Å²) >= 11 is 0. The van der Waals surface area contributed by atoms with Crippen LogP contribution in [0.5, 0.6) is 5.75 Å². The van der Waals surface area contributed by atoms with E-state index in [2.05, 4.69) is 5.32 Å². The summed E-state index contributed by atoms with van der Waals surface area (Å²) in [6.07, 6.45) is -4.84. The number of hydrogen-bond acceptors (Lipinski definition) is 5. The third kappa shape index (κ3) is 4.68. The molecule has 0 spiro atoms. The largest absolute Gasteiger partial charge is 0.508 e. The van der Waals surface area contributed by atoms with Crippen molar-refractivity contribution in [3.63, 3.8) is 0 Å². The Kier molecular flexibility index (Phi) is 5.49. The van der Waals surface area contributed by atoms with Crippen LogP contribution in [-0.4, -0.2) is 23.1 Å². The van der Waals surface area contributed by atoms with Gasteiger partial charge in [0, 0.05) is 17.0 Å². The number of benzene rings is 2. The van der Waals surface area contributed by atoms with Gasteiger partial charge in [0.05, 0.1) is 23.9 Å². The van der Waals surface area contributed by atoms with Crippen LogP contribution >= 0.6 is 0 Å². The zero-order chi connectivity index (χ0) is 21.2. The normalized spacial score (nSPS) is 12.6. The minimum absolute atomic E-state index is 0.00501. The Balaban J connectivity index is 1.64. The van der Waals surface area contributed by atoms with E-state index in [1.165, 1.54) is 37.5 Å². The van der Waals surface area contributed by atoms with Gasteiger partial charge in [-0.3, -0.25) is 9.59 Å². The van der Waals surface area contributed by atoms with Crippen molar-refractivity contribution in [1.29, 1.82) is 0 Å². The molecule has 2 N–H and O–H groups in total.